The van der Waals surface area contributed by atoms with Gasteiger partial charge in [-0.15, -0.1) is 0 Å². The van der Waals surface area contributed by atoms with Crippen LogP contribution in [0.5, 0.6) is 5.75 Å². The zero-order valence-electron chi connectivity index (χ0n) is 12.8. The van der Waals surface area contributed by atoms with Gasteiger partial charge >= 0.3 is 0 Å². The Kier molecular flexibility index (Phi) is 4.26. The number of fused-ring (bicyclic) bond motifs is 2. The highest BCUT2D eigenvalue weighted by Crippen LogP contribution is 2.37. The Labute approximate surface area is 134 Å². The van der Waals surface area contributed by atoms with E-state index in [2.05, 4.69) is 5.32 Å². The Morgan fingerprint density at radius 2 is 2.04 bits per heavy atom. The van der Waals surface area contributed by atoms with Crippen LogP contribution in [0.1, 0.15) is 19.3 Å². The number of nitrogens with zero attached hydrogens (tertiary/aromatic N) is 2. The molecule has 0 aliphatic carbocycles. The number of nitro benzene ring substituents is 1. The van der Waals surface area contributed by atoms with Crippen molar-refractivity contribution in [3.05, 3.63) is 28.3 Å². The van der Waals surface area contributed by atoms with Crippen molar-refractivity contribution in [1.82, 2.24) is 9.62 Å². The maximum Gasteiger partial charge on any atom is 0.271 e. The monoisotopic (exact) mass is 341 g/mol. The minimum atomic E-state index is -3.86. The molecule has 23 heavy (non-hydrogen) atoms. The molecule has 0 spiro atoms. The number of non-ortho nitro benzene ring substituents is 1. The van der Waals surface area contributed by atoms with Gasteiger partial charge in [-0.3, -0.25) is 10.1 Å². The first kappa shape index (κ1) is 16.2. The molecule has 1 aromatic rings. The molecule has 2 bridgehead atoms. The number of ether oxygens (including phenoxy) is 1. The summed E-state index contributed by atoms with van der Waals surface area (Å²) in [5.41, 5.74) is -0.260. The van der Waals surface area contributed by atoms with E-state index in [0.29, 0.717) is 6.54 Å². The van der Waals surface area contributed by atoms with Crippen LogP contribution < -0.4 is 10.1 Å². The second-order valence-electron chi connectivity index (χ2n) is 5.81. The highest BCUT2D eigenvalue weighted by molar-refractivity contribution is 7.89. The number of rotatable bonds is 4. The van der Waals surface area contributed by atoms with Gasteiger partial charge in [-0.1, -0.05) is 0 Å². The van der Waals surface area contributed by atoms with Crippen LogP contribution in [0.25, 0.3) is 0 Å². The third-order valence-electron chi connectivity index (χ3n) is 4.50. The molecular weight excluding hydrogens is 322 g/mol. The molecular formula is C14H19N3O5S. The molecule has 2 aliphatic rings. The van der Waals surface area contributed by atoms with Crippen LogP contribution in [0.3, 0.4) is 0 Å². The molecule has 8 nitrogen and oxygen atoms in total. The summed E-state index contributed by atoms with van der Waals surface area (Å²) in [6.07, 6.45) is 2.37. The lowest BCUT2D eigenvalue weighted by Gasteiger charge is -2.27. The van der Waals surface area contributed by atoms with Crippen LogP contribution in [-0.2, 0) is 10.0 Å². The van der Waals surface area contributed by atoms with Crippen LogP contribution in [0.2, 0.25) is 0 Å². The Bertz CT molecular complexity index is 707. The Hall–Kier alpha value is -1.71. The Morgan fingerprint density at radius 1 is 1.30 bits per heavy atom. The van der Waals surface area contributed by atoms with Gasteiger partial charge in [-0.05, 0) is 31.9 Å². The molecule has 1 N–H and O–H groups in total. The standard InChI is InChI=1S/C14H19N3O5S/c1-22-13-5-4-11(17(18)19)8-14(13)23(20,21)16-10-2-3-12(16)9-15-7-6-10/h4-5,8,10,12,15H,2-3,6-7,9H2,1H3. The van der Waals surface area contributed by atoms with E-state index in [-0.39, 0.29) is 28.4 Å². The van der Waals surface area contributed by atoms with Crippen molar-refractivity contribution >= 4 is 15.7 Å². The maximum absolute atomic E-state index is 13.2. The van der Waals surface area contributed by atoms with E-state index in [9.17, 15) is 18.5 Å². The summed E-state index contributed by atoms with van der Waals surface area (Å²) < 4.78 is 33.0. The van der Waals surface area contributed by atoms with E-state index in [1.54, 1.807) is 0 Å². The SMILES string of the molecule is COc1ccc([N+](=O)[O-])cc1S(=O)(=O)N1C2CCNCC1CC2. The van der Waals surface area contributed by atoms with Crippen LogP contribution in [0.4, 0.5) is 5.69 Å². The van der Waals surface area contributed by atoms with Crippen molar-refractivity contribution in [2.45, 2.75) is 36.2 Å². The van der Waals surface area contributed by atoms with Crippen LogP contribution >= 0.6 is 0 Å². The molecule has 2 unspecified atom stereocenters. The summed E-state index contributed by atoms with van der Waals surface area (Å²) in [4.78, 5) is 10.3. The lowest BCUT2D eigenvalue weighted by atomic mass is 10.1. The summed E-state index contributed by atoms with van der Waals surface area (Å²) in [6.45, 7) is 1.38. The average molecular weight is 341 g/mol. The van der Waals surface area contributed by atoms with E-state index in [0.717, 1.165) is 31.9 Å². The summed E-state index contributed by atoms with van der Waals surface area (Å²) in [6, 6.07) is 3.49. The third-order valence-corrected chi connectivity index (χ3v) is 6.53. The van der Waals surface area contributed by atoms with Crippen molar-refractivity contribution < 1.29 is 18.1 Å². The maximum atomic E-state index is 13.2. The molecule has 2 heterocycles. The second kappa shape index (κ2) is 6.06. The molecule has 126 valence electrons. The molecule has 2 aliphatic heterocycles. The average Bonchev–Trinajstić information content (AvgIpc) is 2.80. The quantitative estimate of drug-likeness (QED) is 0.650. The van der Waals surface area contributed by atoms with Crippen molar-refractivity contribution in [2.75, 3.05) is 20.2 Å². The van der Waals surface area contributed by atoms with Gasteiger partial charge in [0, 0.05) is 30.8 Å². The van der Waals surface area contributed by atoms with Gasteiger partial charge in [0.25, 0.3) is 5.69 Å². The molecule has 3 rings (SSSR count). The zero-order valence-corrected chi connectivity index (χ0v) is 13.6. The van der Waals surface area contributed by atoms with E-state index in [1.165, 1.54) is 23.5 Å². The largest absolute Gasteiger partial charge is 0.495 e. The number of nitrogens with one attached hydrogen (secondary N) is 1. The number of sulfonamides is 1. The van der Waals surface area contributed by atoms with Gasteiger partial charge in [0.1, 0.15) is 10.6 Å². The minimum absolute atomic E-state index is 0.0658. The molecule has 2 atom stereocenters. The van der Waals surface area contributed by atoms with Crippen LogP contribution in [0, 0.1) is 10.1 Å². The van der Waals surface area contributed by atoms with Crippen molar-refractivity contribution in [3.63, 3.8) is 0 Å². The molecule has 2 saturated heterocycles. The molecule has 0 aromatic heterocycles. The van der Waals surface area contributed by atoms with Crippen LogP contribution in [-0.4, -0.2) is 49.9 Å². The Morgan fingerprint density at radius 3 is 2.74 bits per heavy atom. The van der Waals surface area contributed by atoms with Gasteiger partial charge in [0.2, 0.25) is 10.0 Å². The van der Waals surface area contributed by atoms with Crippen molar-refractivity contribution in [3.8, 4) is 5.75 Å². The van der Waals surface area contributed by atoms with Gasteiger partial charge in [-0.2, -0.15) is 4.31 Å². The van der Waals surface area contributed by atoms with Crippen molar-refractivity contribution in [1.29, 1.82) is 0 Å². The minimum Gasteiger partial charge on any atom is -0.495 e. The van der Waals surface area contributed by atoms with Gasteiger partial charge in [0.15, 0.2) is 0 Å². The number of benzene rings is 1. The smallest absolute Gasteiger partial charge is 0.271 e. The second-order valence-corrected chi connectivity index (χ2v) is 7.62. The van der Waals surface area contributed by atoms with E-state index >= 15 is 0 Å². The molecule has 9 heteroatoms. The molecule has 0 amide bonds. The molecule has 0 saturated carbocycles. The van der Waals surface area contributed by atoms with Crippen molar-refractivity contribution in [2.24, 2.45) is 0 Å². The fourth-order valence-electron chi connectivity index (χ4n) is 3.42. The topological polar surface area (TPSA) is 102 Å². The number of nitro groups is 1. The zero-order chi connectivity index (χ0) is 16.6. The number of hydrogen-bond acceptors (Lipinski definition) is 6. The number of methoxy groups -OCH3 is 1. The fraction of sp³-hybridized carbons (Fsp3) is 0.571. The van der Waals surface area contributed by atoms with E-state index < -0.39 is 14.9 Å². The first-order valence-corrected chi connectivity index (χ1v) is 8.96. The highest BCUT2D eigenvalue weighted by atomic mass is 32.2. The highest BCUT2D eigenvalue weighted by Gasteiger charge is 2.44. The van der Waals surface area contributed by atoms with Gasteiger partial charge in [-0.25, -0.2) is 8.42 Å². The summed E-state index contributed by atoms with van der Waals surface area (Å²) in [5.74, 6) is 0.132. The van der Waals surface area contributed by atoms with Crippen LogP contribution in [0.15, 0.2) is 23.1 Å². The van der Waals surface area contributed by atoms with E-state index in [1.807, 2.05) is 0 Å². The van der Waals surface area contributed by atoms with E-state index in [4.69, 9.17) is 4.74 Å². The predicted molar refractivity (Wildman–Crippen MR) is 83.0 cm³/mol. The lowest BCUT2D eigenvalue weighted by molar-refractivity contribution is -0.385. The normalized spacial score (nSPS) is 25.1. The molecule has 0 radical (unpaired) electrons. The Balaban J connectivity index is 2.08. The first-order chi connectivity index (χ1) is 10.9. The summed E-state index contributed by atoms with van der Waals surface area (Å²) in [7, 11) is -2.50. The predicted octanol–water partition coefficient (Wildman–Crippen LogP) is 1.12. The number of hydrogen-bond donors (Lipinski definition) is 1. The summed E-state index contributed by atoms with van der Waals surface area (Å²) in [5, 5.41) is 14.2. The molecule has 1 aromatic carbocycles. The van der Waals surface area contributed by atoms with Gasteiger partial charge < -0.3 is 10.1 Å². The van der Waals surface area contributed by atoms with Gasteiger partial charge in [0.05, 0.1) is 12.0 Å². The lowest BCUT2D eigenvalue weighted by Crippen LogP contribution is -2.42. The fourth-order valence-corrected chi connectivity index (χ4v) is 5.50. The molecule has 2 fully saturated rings. The first-order valence-electron chi connectivity index (χ1n) is 7.52. The summed E-state index contributed by atoms with van der Waals surface area (Å²) >= 11 is 0. The third kappa shape index (κ3) is 2.79.